The minimum atomic E-state index is -0.255. The van der Waals surface area contributed by atoms with Gasteiger partial charge < -0.3 is 4.74 Å². The maximum atomic E-state index is 11.9. The van der Waals surface area contributed by atoms with Crippen molar-refractivity contribution in [2.24, 2.45) is 0 Å². The molecule has 4 heteroatoms. The SMILES string of the molecule is O=C(OC1CCCC1)c1cc(S)ccc1Br. The van der Waals surface area contributed by atoms with Crippen molar-refractivity contribution in [3.8, 4) is 0 Å². The Balaban J connectivity index is 2.10. The Labute approximate surface area is 109 Å². The molecule has 2 rings (SSSR count). The van der Waals surface area contributed by atoms with Crippen molar-refractivity contribution in [3.05, 3.63) is 28.2 Å². The number of ether oxygens (including phenoxy) is 1. The molecule has 0 spiro atoms. The molecule has 16 heavy (non-hydrogen) atoms. The molecule has 0 radical (unpaired) electrons. The van der Waals surface area contributed by atoms with E-state index < -0.39 is 0 Å². The molecule has 0 heterocycles. The van der Waals surface area contributed by atoms with Crippen LogP contribution < -0.4 is 0 Å². The minimum absolute atomic E-state index is 0.1000. The van der Waals surface area contributed by atoms with E-state index in [1.807, 2.05) is 12.1 Å². The second-order valence-electron chi connectivity index (χ2n) is 3.98. The molecule has 0 atom stereocenters. The van der Waals surface area contributed by atoms with Crippen LogP contribution in [0.4, 0.5) is 0 Å². The molecule has 1 aliphatic carbocycles. The van der Waals surface area contributed by atoms with Crippen molar-refractivity contribution in [1.29, 1.82) is 0 Å². The lowest BCUT2D eigenvalue weighted by atomic mass is 10.2. The lowest BCUT2D eigenvalue weighted by molar-refractivity contribution is 0.0316. The smallest absolute Gasteiger partial charge is 0.339 e. The Morgan fingerprint density at radius 2 is 2.06 bits per heavy atom. The molecule has 0 aliphatic heterocycles. The van der Waals surface area contributed by atoms with E-state index in [0.717, 1.165) is 35.1 Å². The number of esters is 1. The highest BCUT2D eigenvalue weighted by Crippen LogP contribution is 2.25. The van der Waals surface area contributed by atoms with Gasteiger partial charge in [-0.2, -0.15) is 0 Å². The standard InChI is InChI=1S/C12H13BrO2S/c13-11-6-5-9(16)7-10(11)12(14)15-8-3-1-2-4-8/h5-8,16H,1-4H2. The van der Waals surface area contributed by atoms with E-state index in [1.54, 1.807) is 6.07 Å². The molecule has 0 N–H and O–H groups in total. The predicted molar refractivity (Wildman–Crippen MR) is 69.1 cm³/mol. The largest absolute Gasteiger partial charge is 0.459 e. The van der Waals surface area contributed by atoms with Gasteiger partial charge in [0, 0.05) is 9.37 Å². The summed E-state index contributed by atoms with van der Waals surface area (Å²) in [5.41, 5.74) is 0.555. The first-order valence-corrected chi connectivity index (χ1v) is 6.60. The summed E-state index contributed by atoms with van der Waals surface area (Å²) in [6, 6.07) is 5.37. The van der Waals surface area contributed by atoms with E-state index in [4.69, 9.17) is 4.74 Å². The molecular weight excluding hydrogens is 288 g/mol. The molecule has 0 amide bonds. The normalized spacial score (nSPS) is 16.4. The van der Waals surface area contributed by atoms with Crippen LogP contribution in [0.5, 0.6) is 0 Å². The lowest BCUT2D eigenvalue weighted by Crippen LogP contribution is -2.15. The summed E-state index contributed by atoms with van der Waals surface area (Å²) in [6.45, 7) is 0. The second-order valence-corrected chi connectivity index (χ2v) is 5.35. The summed E-state index contributed by atoms with van der Waals surface area (Å²) in [7, 11) is 0. The number of rotatable bonds is 2. The average molecular weight is 301 g/mol. The van der Waals surface area contributed by atoms with Gasteiger partial charge in [-0.3, -0.25) is 0 Å². The third-order valence-corrected chi connectivity index (χ3v) is 3.72. The van der Waals surface area contributed by atoms with Crippen molar-refractivity contribution >= 4 is 34.5 Å². The Bertz CT molecular complexity index is 400. The number of hydrogen-bond acceptors (Lipinski definition) is 3. The second kappa shape index (κ2) is 5.23. The van der Waals surface area contributed by atoms with Gasteiger partial charge in [-0.15, -0.1) is 12.6 Å². The summed E-state index contributed by atoms with van der Waals surface area (Å²) in [5, 5.41) is 0. The third kappa shape index (κ3) is 2.80. The molecule has 86 valence electrons. The van der Waals surface area contributed by atoms with Gasteiger partial charge in [0.15, 0.2) is 0 Å². The Hall–Kier alpha value is -0.480. The fraction of sp³-hybridized carbons (Fsp3) is 0.417. The summed E-state index contributed by atoms with van der Waals surface area (Å²) in [6.07, 6.45) is 4.40. The van der Waals surface area contributed by atoms with Crippen molar-refractivity contribution in [2.75, 3.05) is 0 Å². The highest BCUT2D eigenvalue weighted by Gasteiger charge is 2.21. The van der Waals surface area contributed by atoms with Gasteiger partial charge in [0.2, 0.25) is 0 Å². The number of hydrogen-bond donors (Lipinski definition) is 1. The maximum Gasteiger partial charge on any atom is 0.339 e. The molecule has 1 aromatic carbocycles. The first kappa shape index (κ1) is 12.0. The van der Waals surface area contributed by atoms with Gasteiger partial charge in [-0.1, -0.05) is 0 Å². The van der Waals surface area contributed by atoms with E-state index >= 15 is 0 Å². The lowest BCUT2D eigenvalue weighted by Gasteiger charge is -2.12. The Kier molecular flexibility index (Phi) is 3.92. The molecule has 1 saturated carbocycles. The minimum Gasteiger partial charge on any atom is -0.459 e. The summed E-state index contributed by atoms with van der Waals surface area (Å²) < 4.78 is 6.19. The number of benzene rings is 1. The fourth-order valence-electron chi connectivity index (χ4n) is 1.89. The van der Waals surface area contributed by atoms with Gasteiger partial charge >= 0.3 is 5.97 Å². The van der Waals surface area contributed by atoms with E-state index in [9.17, 15) is 4.79 Å². The van der Waals surface area contributed by atoms with E-state index in [-0.39, 0.29) is 12.1 Å². The Morgan fingerprint density at radius 3 is 2.75 bits per heavy atom. The summed E-state index contributed by atoms with van der Waals surface area (Å²) >= 11 is 7.56. The molecule has 1 fully saturated rings. The first-order valence-electron chi connectivity index (χ1n) is 5.36. The first-order chi connectivity index (χ1) is 7.66. The van der Waals surface area contributed by atoms with Crippen molar-refractivity contribution in [3.63, 3.8) is 0 Å². The monoisotopic (exact) mass is 300 g/mol. The van der Waals surface area contributed by atoms with Gasteiger partial charge in [0.05, 0.1) is 5.56 Å². The molecular formula is C12H13BrO2S. The zero-order valence-electron chi connectivity index (χ0n) is 8.78. The van der Waals surface area contributed by atoms with Crippen LogP contribution in [-0.4, -0.2) is 12.1 Å². The molecule has 0 aromatic heterocycles. The predicted octanol–water partition coefficient (Wildman–Crippen LogP) is 3.84. The van der Waals surface area contributed by atoms with Gasteiger partial charge in [-0.05, 0) is 59.8 Å². The van der Waals surface area contributed by atoms with Crippen molar-refractivity contribution < 1.29 is 9.53 Å². The van der Waals surface area contributed by atoms with Crippen LogP contribution in [0.2, 0.25) is 0 Å². The van der Waals surface area contributed by atoms with Crippen LogP contribution in [0.3, 0.4) is 0 Å². The highest BCUT2D eigenvalue weighted by atomic mass is 79.9. The summed E-state index contributed by atoms with van der Waals surface area (Å²) in [4.78, 5) is 12.7. The highest BCUT2D eigenvalue weighted by molar-refractivity contribution is 9.10. The average Bonchev–Trinajstić information content (AvgIpc) is 2.74. The van der Waals surface area contributed by atoms with Crippen molar-refractivity contribution in [1.82, 2.24) is 0 Å². The van der Waals surface area contributed by atoms with Crippen LogP contribution in [0.1, 0.15) is 36.0 Å². The van der Waals surface area contributed by atoms with Crippen LogP contribution in [0.25, 0.3) is 0 Å². The fourth-order valence-corrected chi connectivity index (χ4v) is 2.50. The van der Waals surface area contributed by atoms with Gasteiger partial charge in [0.1, 0.15) is 6.10 Å². The van der Waals surface area contributed by atoms with Crippen LogP contribution in [0.15, 0.2) is 27.6 Å². The number of carbonyl (C=O) groups excluding carboxylic acids is 1. The molecule has 1 aromatic rings. The molecule has 2 nitrogen and oxygen atoms in total. The quantitative estimate of drug-likeness (QED) is 0.663. The van der Waals surface area contributed by atoms with E-state index in [1.165, 1.54) is 0 Å². The number of halogens is 1. The zero-order chi connectivity index (χ0) is 11.5. The third-order valence-electron chi connectivity index (χ3n) is 2.75. The topological polar surface area (TPSA) is 26.3 Å². The molecule has 0 bridgehead atoms. The van der Waals surface area contributed by atoms with Crippen LogP contribution in [-0.2, 0) is 4.74 Å². The van der Waals surface area contributed by atoms with E-state index in [0.29, 0.717) is 5.56 Å². The van der Waals surface area contributed by atoms with Gasteiger partial charge in [0.25, 0.3) is 0 Å². The number of carbonyl (C=O) groups is 1. The molecule has 0 unspecified atom stereocenters. The molecule has 1 aliphatic rings. The number of thiol groups is 1. The van der Waals surface area contributed by atoms with Gasteiger partial charge in [-0.25, -0.2) is 4.79 Å². The van der Waals surface area contributed by atoms with Crippen LogP contribution >= 0.6 is 28.6 Å². The van der Waals surface area contributed by atoms with Crippen LogP contribution in [0, 0.1) is 0 Å². The van der Waals surface area contributed by atoms with E-state index in [2.05, 4.69) is 28.6 Å². The summed E-state index contributed by atoms with van der Waals surface area (Å²) in [5.74, 6) is -0.255. The Morgan fingerprint density at radius 1 is 1.38 bits per heavy atom. The maximum absolute atomic E-state index is 11.9. The zero-order valence-corrected chi connectivity index (χ0v) is 11.3. The van der Waals surface area contributed by atoms with Crippen molar-refractivity contribution in [2.45, 2.75) is 36.7 Å². The molecule has 0 saturated heterocycles.